The van der Waals surface area contributed by atoms with Gasteiger partial charge in [0.1, 0.15) is 5.82 Å². The third kappa shape index (κ3) is 4.56. The van der Waals surface area contributed by atoms with E-state index in [0.29, 0.717) is 17.9 Å². The maximum atomic E-state index is 12.0. The minimum absolute atomic E-state index is 0.0186. The van der Waals surface area contributed by atoms with Crippen molar-refractivity contribution in [3.63, 3.8) is 0 Å². The zero-order chi connectivity index (χ0) is 18.4. The van der Waals surface area contributed by atoms with Crippen LogP contribution in [0.2, 0.25) is 0 Å². The van der Waals surface area contributed by atoms with Crippen LogP contribution in [0.4, 0.5) is 11.5 Å². The van der Waals surface area contributed by atoms with Crippen LogP contribution in [0.5, 0.6) is 0 Å². The first-order valence-corrected chi connectivity index (χ1v) is 7.59. The topological polar surface area (TPSA) is 142 Å². The second-order valence-electron chi connectivity index (χ2n) is 5.13. The monoisotopic (exact) mass is 345 g/mol. The molecule has 1 heterocycles. The smallest absolute Gasteiger partial charge is 0.338 e. The molecule has 0 bridgehead atoms. The zero-order valence-electron chi connectivity index (χ0n) is 13.7. The van der Waals surface area contributed by atoms with Gasteiger partial charge >= 0.3 is 5.97 Å². The van der Waals surface area contributed by atoms with Crippen LogP contribution in [0.1, 0.15) is 34.2 Å². The lowest BCUT2D eigenvalue weighted by Crippen LogP contribution is -2.17. The van der Waals surface area contributed by atoms with Crippen LogP contribution in [0, 0.1) is 0 Å². The SMILES string of the molecule is CCOC(=O)c1ccc(NC(=O)CCn2cnc(C(N)=O)c2N)cc1. The van der Waals surface area contributed by atoms with E-state index in [9.17, 15) is 14.4 Å². The Morgan fingerprint density at radius 1 is 1.24 bits per heavy atom. The molecular weight excluding hydrogens is 326 g/mol. The number of aromatic nitrogens is 2. The van der Waals surface area contributed by atoms with Crippen LogP contribution in [0.25, 0.3) is 0 Å². The molecule has 0 fully saturated rings. The molecule has 0 aliphatic carbocycles. The first kappa shape index (κ1) is 18.0. The summed E-state index contributed by atoms with van der Waals surface area (Å²) in [6, 6.07) is 6.36. The molecule has 0 saturated heterocycles. The van der Waals surface area contributed by atoms with Gasteiger partial charge in [0.2, 0.25) is 5.91 Å². The Balaban J connectivity index is 1.90. The summed E-state index contributed by atoms with van der Waals surface area (Å²) >= 11 is 0. The van der Waals surface area contributed by atoms with Crippen molar-refractivity contribution in [1.82, 2.24) is 9.55 Å². The Morgan fingerprint density at radius 3 is 2.48 bits per heavy atom. The number of nitrogens with one attached hydrogen (secondary N) is 1. The van der Waals surface area contributed by atoms with Crippen molar-refractivity contribution in [1.29, 1.82) is 0 Å². The molecule has 132 valence electrons. The van der Waals surface area contributed by atoms with Gasteiger partial charge in [0, 0.05) is 18.7 Å². The zero-order valence-corrected chi connectivity index (χ0v) is 13.7. The van der Waals surface area contributed by atoms with Crippen molar-refractivity contribution < 1.29 is 19.1 Å². The predicted octanol–water partition coefficient (Wildman–Crippen LogP) is 0.770. The van der Waals surface area contributed by atoms with Gasteiger partial charge in [-0.1, -0.05) is 0 Å². The van der Waals surface area contributed by atoms with E-state index in [1.165, 1.54) is 10.9 Å². The highest BCUT2D eigenvalue weighted by Gasteiger charge is 2.13. The number of rotatable bonds is 7. The van der Waals surface area contributed by atoms with Crippen LogP contribution in [0.3, 0.4) is 0 Å². The predicted molar refractivity (Wildman–Crippen MR) is 90.8 cm³/mol. The summed E-state index contributed by atoms with van der Waals surface area (Å²) in [5.74, 6) is -1.26. The second kappa shape index (κ2) is 7.95. The fourth-order valence-electron chi connectivity index (χ4n) is 2.11. The minimum Gasteiger partial charge on any atom is -0.462 e. The summed E-state index contributed by atoms with van der Waals surface area (Å²) in [7, 11) is 0. The Morgan fingerprint density at radius 2 is 1.92 bits per heavy atom. The van der Waals surface area contributed by atoms with E-state index < -0.39 is 11.9 Å². The van der Waals surface area contributed by atoms with Crippen molar-refractivity contribution in [3.05, 3.63) is 41.9 Å². The lowest BCUT2D eigenvalue weighted by atomic mass is 10.2. The number of imidazole rings is 1. The highest BCUT2D eigenvalue weighted by atomic mass is 16.5. The standard InChI is InChI=1S/C16H19N5O4/c1-2-25-16(24)10-3-5-11(6-4-10)20-12(22)7-8-21-9-19-13(14(21)17)15(18)23/h3-6,9H,2,7-8,17H2,1H3,(H2,18,23)(H,20,22). The molecule has 0 atom stereocenters. The molecule has 0 aliphatic heterocycles. The number of hydrogen-bond donors (Lipinski definition) is 3. The molecule has 0 aliphatic rings. The number of amides is 2. The molecule has 9 heteroatoms. The van der Waals surface area contributed by atoms with Crippen molar-refractivity contribution in [2.75, 3.05) is 17.7 Å². The molecule has 2 aromatic rings. The average Bonchev–Trinajstić information content (AvgIpc) is 2.95. The molecule has 0 saturated carbocycles. The minimum atomic E-state index is -0.720. The normalized spacial score (nSPS) is 10.3. The third-order valence-electron chi connectivity index (χ3n) is 3.37. The van der Waals surface area contributed by atoms with E-state index in [-0.39, 0.29) is 30.4 Å². The first-order valence-electron chi connectivity index (χ1n) is 7.59. The van der Waals surface area contributed by atoms with Crippen molar-refractivity contribution >= 4 is 29.3 Å². The molecule has 0 spiro atoms. The second-order valence-corrected chi connectivity index (χ2v) is 5.13. The largest absolute Gasteiger partial charge is 0.462 e. The van der Waals surface area contributed by atoms with Crippen LogP contribution in [-0.2, 0) is 16.1 Å². The number of benzene rings is 1. The van der Waals surface area contributed by atoms with E-state index in [0.717, 1.165) is 0 Å². The van der Waals surface area contributed by atoms with Gasteiger partial charge in [0.05, 0.1) is 18.5 Å². The summed E-state index contributed by atoms with van der Waals surface area (Å²) in [5, 5.41) is 2.70. The maximum Gasteiger partial charge on any atom is 0.338 e. The number of aryl methyl sites for hydroxylation is 1. The van der Waals surface area contributed by atoms with E-state index in [2.05, 4.69) is 10.3 Å². The molecule has 2 rings (SSSR count). The molecular formula is C16H19N5O4. The van der Waals surface area contributed by atoms with Crippen molar-refractivity contribution in [2.45, 2.75) is 19.9 Å². The van der Waals surface area contributed by atoms with Gasteiger partial charge < -0.3 is 26.1 Å². The lowest BCUT2D eigenvalue weighted by Gasteiger charge is -2.08. The van der Waals surface area contributed by atoms with Crippen molar-refractivity contribution in [2.24, 2.45) is 5.73 Å². The van der Waals surface area contributed by atoms with Gasteiger partial charge in [-0.25, -0.2) is 9.78 Å². The molecule has 0 radical (unpaired) electrons. The molecule has 5 N–H and O–H groups in total. The highest BCUT2D eigenvalue weighted by molar-refractivity contribution is 5.95. The number of anilines is 2. The summed E-state index contributed by atoms with van der Waals surface area (Å²) in [4.78, 5) is 38.4. The molecule has 2 amide bonds. The fourth-order valence-corrected chi connectivity index (χ4v) is 2.11. The summed E-state index contributed by atoms with van der Waals surface area (Å²) in [5.41, 5.74) is 11.8. The number of primary amides is 1. The number of nitrogens with zero attached hydrogens (tertiary/aromatic N) is 2. The van der Waals surface area contributed by atoms with Gasteiger partial charge in [0.15, 0.2) is 5.69 Å². The molecule has 0 unspecified atom stereocenters. The summed E-state index contributed by atoms with van der Waals surface area (Å²) in [6.07, 6.45) is 1.48. The number of esters is 1. The summed E-state index contributed by atoms with van der Waals surface area (Å²) < 4.78 is 6.36. The Hall–Kier alpha value is -3.36. The number of nitrogen functional groups attached to an aromatic ring is 1. The highest BCUT2D eigenvalue weighted by Crippen LogP contribution is 2.13. The fraction of sp³-hybridized carbons (Fsp3) is 0.250. The third-order valence-corrected chi connectivity index (χ3v) is 3.37. The first-order chi connectivity index (χ1) is 11.9. The van der Waals surface area contributed by atoms with Crippen LogP contribution < -0.4 is 16.8 Å². The summed E-state index contributed by atoms with van der Waals surface area (Å²) in [6.45, 7) is 2.27. The number of hydrogen-bond acceptors (Lipinski definition) is 6. The number of carbonyl (C=O) groups excluding carboxylic acids is 3. The van der Waals surface area contributed by atoms with Gasteiger partial charge in [0.25, 0.3) is 5.91 Å². The van der Waals surface area contributed by atoms with Gasteiger partial charge in [-0.2, -0.15) is 0 Å². The molecule has 1 aromatic carbocycles. The molecule has 25 heavy (non-hydrogen) atoms. The van der Waals surface area contributed by atoms with Gasteiger partial charge in [-0.3, -0.25) is 9.59 Å². The van der Waals surface area contributed by atoms with Gasteiger partial charge in [-0.05, 0) is 31.2 Å². The Bertz CT molecular complexity index is 782. The van der Waals surface area contributed by atoms with E-state index >= 15 is 0 Å². The van der Waals surface area contributed by atoms with Crippen LogP contribution in [0.15, 0.2) is 30.6 Å². The van der Waals surface area contributed by atoms with Crippen LogP contribution in [-0.4, -0.2) is 33.9 Å². The van der Waals surface area contributed by atoms with E-state index in [4.69, 9.17) is 16.2 Å². The number of carbonyl (C=O) groups is 3. The average molecular weight is 345 g/mol. The maximum absolute atomic E-state index is 12.0. The van der Waals surface area contributed by atoms with E-state index in [1.54, 1.807) is 31.2 Å². The van der Waals surface area contributed by atoms with Crippen molar-refractivity contribution in [3.8, 4) is 0 Å². The van der Waals surface area contributed by atoms with Crippen LogP contribution >= 0.6 is 0 Å². The molecule has 9 nitrogen and oxygen atoms in total. The Kier molecular flexibility index (Phi) is 5.72. The van der Waals surface area contributed by atoms with Gasteiger partial charge in [-0.15, -0.1) is 0 Å². The Labute approximate surface area is 144 Å². The number of nitrogens with two attached hydrogens (primary N) is 2. The quantitative estimate of drug-likeness (QED) is 0.633. The molecule has 1 aromatic heterocycles. The van der Waals surface area contributed by atoms with E-state index in [1.807, 2.05) is 0 Å². The number of ether oxygens (including phenoxy) is 1. The lowest BCUT2D eigenvalue weighted by molar-refractivity contribution is -0.116.